The van der Waals surface area contributed by atoms with E-state index in [2.05, 4.69) is 11.4 Å². The van der Waals surface area contributed by atoms with E-state index in [1.165, 1.54) is 7.11 Å². The van der Waals surface area contributed by atoms with Crippen LogP contribution in [0.15, 0.2) is 78.9 Å². The molecule has 0 atom stereocenters. The molecule has 3 aromatic rings. The summed E-state index contributed by atoms with van der Waals surface area (Å²) in [7, 11) is 1.53. The highest BCUT2D eigenvalue weighted by Crippen LogP contribution is 2.30. The van der Waals surface area contributed by atoms with Crippen LogP contribution in [0.1, 0.15) is 11.1 Å². The van der Waals surface area contributed by atoms with Gasteiger partial charge in [0.05, 0.1) is 18.8 Å². The second kappa shape index (κ2) is 9.77. The van der Waals surface area contributed by atoms with Gasteiger partial charge in [0.25, 0.3) is 5.91 Å². The van der Waals surface area contributed by atoms with Gasteiger partial charge in [0.1, 0.15) is 0 Å². The van der Waals surface area contributed by atoms with Crippen LogP contribution in [0.2, 0.25) is 0 Å². The van der Waals surface area contributed by atoms with Crippen LogP contribution in [-0.4, -0.2) is 19.6 Å². The molecule has 0 fully saturated rings. The zero-order valence-electron chi connectivity index (χ0n) is 16.0. The Balaban J connectivity index is 1.71. The molecule has 29 heavy (non-hydrogen) atoms. The molecule has 3 rings (SSSR count). The number of methoxy groups -OCH3 is 1. The lowest BCUT2D eigenvalue weighted by molar-refractivity contribution is -0.118. The molecule has 1 amide bonds. The lowest BCUT2D eigenvalue weighted by Gasteiger charge is -2.12. The van der Waals surface area contributed by atoms with E-state index in [0.717, 1.165) is 11.1 Å². The van der Waals surface area contributed by atoms with Gasteiger partial charge in [-0.05, 0) is 41.5 Å². The fourth-order valence-corrected chi connectivity index (χ4v) is 2.72. The molecule has 0 bridgehead atoms. The van der Waals surface area contributed by atoms with Crippen molar-refractivity contribution in [2.45, 2.75) is 0 Å². The van der Waals surface area contributed by atoms with E-state index >= 15 is 0 Å². The van der Waals surface area contributed by atoms with Crippen molar-refractivity contribution in [2.75, 3.05) is 19.0 Å². The summed E-state index contributed by atoms with van der Waals surface area (Å²) in [5, 5.41) is 12.2. The van der Waals surface area contributed by atoms with Crippen molar-refractivity contribution in [3.63, 3.8) is 0 Å². The maximum atomic E-state index is 12.1. The normalized spacial score (nSPS) is 10.7. The number of benzene rings is 3. The Labute approximate surface area is 169 Å². The Hall–Kier alpha value is -4.04. The van der Waals surface area contributed by atoms with Crippen molar-refractivity contribution in [1.82, 2.24) is 0 Å². The number of nitrogens with zero attached hydrogens (tertiary/aromatic N) is 1. The Morgan fingerprint density at radius 2 is 1.69 bits per heavy atom. The highest BCUT2D eigenvalue weighted by atomic mass is 16.5. The number of rotatable bonds is 7. The zero-order valence-corrected chi connectivity index (χ0v) is 16.0. The second-order valence-corrected chi connectivity index (χ2v) is 6.15. The third-order valence-electron chi connectivity index (χ3n) is 4.12. The van der Waals surface area contributed by atoms with Crippen molar-refractivity contribution < 1.29 is 14.3 Å². The van der Waals surface area contributed by atoms with Crippen LogP contribution in [0.25, 0.3) is 11.6 Å². The van der Waals surface area contributed by atoms with Gasteiger partial charge >= 0.3 is 0 Å². The number of nitriles is 1. The molecule has 0 heterocycles. The Bertz CT molecular complexity index is 1040. The predicted molar refractivity (Wildman–Crippen MR) is 113 cm³/mol. The van der Waals surface area contributed by atoms with Crippen molar-refractivity contribution in [1.29, 1.82) is 5.26 Å². The fraction of sp³-hybridized carbons (Fsp3) is 0.0833. The van der Waals surface area contributed by atoms with E-state index in [-0.39, 0.29) is 12.5 Å². The molecule has 144 valence electrons. The van der Waals surface area contributed by atoms with Gasteiger partial charge in [-0.25, -0.2) is 0 Å². The minimum absolute atomic E-state index is 0.145. The number of hydrogen-bond donors (Lipinski definition) is 1. The number of allylic oxidation sites excluding steroid dienone is 1. The molecule has 1 N–H and O–H groups in total. The number of carbonyl (C=O) groups excluding carboxylic acids is 1. The van der Waals surface area contributed by atoms with Gasteiger partial charge in [-0.2, -0.15) is 5.26 Å². The van der Waals surface area contributed by atoms with Crippen LogP contribution in [0.5, 0.6) is 11.5 Å². The molecule has 3 aromatic carbocycles. The Kier molecular flexibility index (Phi) is 6.64. The summed E-state index contributed by atoms with van der Waals surface area (Å²) >= 11 is 0. The predicted octanol–water partition coefficient (Wildman–Crippen LogP) is 4.78. The zero-order chi connectivity index (χ0) is 20.5. The van der Waals surface area contributed by atoms with Crippen LogP contribution in [0.4, 0.5) is 5.69 Å². The molecule has 0 radical (unpaired) electrons. The van der Waals surface area contributed by atoms with Crippen molar-refractivity contribution in [2.24, 2.45) is 0 Å². The number of ether oxygens (including phenoxy) is 2. The standard InChI is InChI=1S/C24H20N2O3/c1-28-23-15-18(14-20(16-25)19-8-4-2-5-9-19)12-13-22(23)29-17-24(27)26-21-10-6-3-7-11-21/h2-15H,17H2,1H3,(H,26,27)/b20-14-. The maximum absolute atomic E-state index is 12.1. The molecular formula is C24H20N2O3. The number of hydrogen-bond acceptors (Lipinski definition) is 4. The molecule has 5 heteroatoms. The summed E-state index contributed by atoms with van der Waals surface area (Å²) in [6.07, 6.45) is 1.78. The fourth-order valence-electron chi connectivity index (χ4n) is 2.72. The lowest BCUT2D eigenvalue weighted by atomic mass is 10.0. The van der Waals surface area contributed by atoms with Gasteiger partial charge in [0, 0.05) is 5.69 Å². The van der Waals surface area contributed by atoms with E-state index in [1.54, 1.807) is 30.3 Å². The SMILES string of the molecule is COc1cc(/C=C(/C#N)c2ccccc2)ccc1OCC(=O)Nc1ccccc1. The lowest BCUT2D eigenvalue weighted by Crippen LogP contribution is -2.20. The smallest absolute Gasteiger partial charge is 0.262 e. The molecule has 0 unspecified atom stereocenters. The molecule has 0 spiro atoms. The molecule has 0 saturated heterocycles. The molecular weight excluding hydrogens is 364 g/mol. The van der Waals surface area contributed by atoms with Gasteiger partial charge in [-0.1, -0.05) is 54.6 Å². The number of amides is 1. The van der Waals surface area contributed by atoms with Crippen LogP contribution in [0, 0.1) is 11.3 Å². The van der Waals surface area contributed by atoms with Gasteiger partial charge in [0.2, 0.25) is 0 Å². The molecule has 0 aliphatic heterocycles. The highest BCUT2D eigenvalue weighted by Gasteiger charge is 2.09. The second-order valence-electron chi connectivity index (χ2n) is 6.15. The molecule has 0 aromatic heterocycles. The minimum atomic E-state index is -0.266. The first kappa shape index (κ1) is 19.7. The highest BCUT2D eigenvalue weighted by molar-refractivity contribution is 5.92. The first-order valence-corrected chi connectivity index (χ1v) is 9.02. The number of para-hydroxylation sites is 1. The summed E-state index contributed by atoms with van der Waals surface area (Å²) in [5.41, 5.74) is 2.89. The van der Waals surface area contributed by atoms with E-state index < -0.39 is 0 Å². The summed E-state index contributed by atoms with van der Waals surface area (Å²) in [4.78, 5) is 12.1. The van der Waals surface area contributed by atoms with Gasteiger partial charge < -0.3 is 14.8 Å². The molecule has 0 saturated carbocycles. The van der Waals surface area contributed by atoms with Gasteiger partial charge in [-0.15, -0.1) is 0 Å². The van der Waals surface area contributed by atoms with Crippen molar-refractivity contribution >= 4 is 23.2 Å². The van der Waals surface area contributed by atoms with Gasteiger partial charge in [-0.3, -0.25) is 4.79 Å². The van der Waals surface area contributed by atoms with E-state index in [0.29, 0.717) is 22.8 Å². The third kappa shape index (κ3) is 5.47. The summed E-state index contributed by atoms with van der Waals surface area (Å²) in [5.74, 6) is 0.667. The molecule has 0 aliphatic rings. The average molecular weight is 384 g/mol. The quantitative estimate of drug-likeness (QED) is 0.470. The van der Waals surface area contributed by atoms with Crippen molar-refractivity contribution in [3.8, 4) is 17.6 Å². The summed E-state index contributed by atoms with van der Waals surface area (Å²) in [6.45, 7) is -0.145. The van der Waals surface area contributed by atoms with E-state index in [4.69, 9.17) is 9.47 Å². The molecule has 5 nitrogen and oxygen atoms in total. The van der Waals surface area contributed by atoms with Crippen LogP contribution in [-0.2, 0) is 4.79 Å². The van der Waals surface area contributed by atoms with Gasteiger partial charge in [0.15, 0.2) is 18.1 Å². The third-order valence-corrected chi connectivity index (χ3v) is 4.12. The molecule has 0 aliphatic carbocycles. The van der Waals surface area contributed by atoms with Crippen LogP contribution >= 0.6 is 0 Å². The minimum Gasteiger partial charge on any atom is -0.493 e. The van der Waals surface area contributed by atoms with Crippen LogP contribution < -0.4 is 14.8 Å². The van der Waals surface area contributed by atoms with E-state index in [1.807, 2.05) is 54.6 Å². The first-order valence-electron chi connectivity index (χ1n) is 9.02. The Morgan fingerprint density at radius 1 is 1.00 bits per heavy atom. The van der Waals surface area contributed by atoms with Crippen LogP contribution in [0.3, 0.4) is 0 Å². The number of anilines is 1. The first-order chi connectivity index (χ1) is 14.2. The number of carbonyl (C=O) groups is 1. The summed E-state index contributed by atoms with van der Waals surface area (Å²) in [6, 6.07) is 26.1. The largest absolute Gasteiger partial charge is 0.493 e. The van der Waals surface area contributed by atoms with Crippen molar-refractivity contribution in [3.05, 3.63) is 90.0 Å². The monoisotopic (exact) mass is 384 g/mol. The Morgan fingerprint density at radius 3 is 2.34 bits per heavy atom. The summed E-state index contributed by atoms with van der Waals surface area (Å²) < 4.78 is 11.0. The average Bonchev–Trinajstić information content (AvgIpc) is 2.77. The maximum Gasteiger partial charge on any atom is 0.262 e. The number of nitrogens with one attached hydrogen (secondary N) is 1. The topological polar surface area (TPSA) is 71.3 Å². The van der Waals surface area contributed by atoms with E-state index in [9.17, 15) is 10.1 Å².